The summed E-state index contributed by atoms with van der Waals surface area (Å²) in [4.78, 5) is 25.6. The summed E-state index contributed by atoms with van der Waals surface area (Å²) in [6.45, 7) is 5.19. The fourth-order valence-electron chi connectivity index (χ4n) is 3.45. The van der Waals surface area contributed by atoms with Crippen molar-refractivity contribution in [3.8, 4) is 0 Å². The highest BCUT2D eigenvalue weighted by molar-refractivity contribution is 5.83. The van der Waals surface area contributed by atoms with Gasteiger partial charge in [0.1, 0.15) is 6.04 Å². The molecule has 6 nitrogen and oxygen atoms in total. The average molecular weight is 310 g/mol. The van der Waals surface area contributed by atoms with Crippen LogP contribution in [0.5, 0.6) is 0 Å². The molecule has 1 saturated heterocycles. The summed E-state index contributed by atoms with van der Waals surface area (Å²) in [7, 11) is 0. The van der Waals surface area contributed by atoms with Gasteiger partial charge in [0.25, 0.3) is 0 Å². The number of amides is 2. The number of carbonyl (C=O) groups excluding carboxylic acids is 1. The number of carboxylic acids is 1. The van der Waals surface area contributed by atoms with Crippen LogP contribution in [-0.4, -0.2) is 53.8 Å². The summed E-state index contributed by atoms with van der Waals surface area (Å²) in [5, 5.41) is 12.1. The smallest absolute Gasteiger partial charge is 0.326 e. The molecular weight excluding hydrogens is 284 g/mol. The van der Waals surface area contributed by atoms with E-state index in [1.807, 2.05) is 0 Å². The van der Waals surface area contributed by atoms with E-state index in [-0.39, 0.29) is 18.0 Å². The van der Waals surface area contributed by atoms with E-state index in [1.165, 1.54) is 0 Å². The van der Waals surface area contributed by atoms with Gasteiger partial charge in [0.05, 0.1) is 19.3 Å². The molecule has 0 spiro atoms. The number of hydrogen-bond donors (Lipinski definition) is 2. The molecule has 0 aromatic rings. The van der Waals surface area contributed by atoms with Crippen molar-refractivity contribution in [2.24, 2.45) is 5.92 Å². The maximum Gasteiger partial charge on any atom is 0.326 e. The average Bonchev–Trinajstić information content (AvgIpc) is 3.15. The zero-order valence-corrected chi connectivity index (χ0v) is 13.0. The minimum absolute atomic E-state index is 0.0259. The summed E-state index contributed by atoms with van der Waals surface area (Å²) in [6, 6.07) is -1.02. The van der Waals surface area contributed by atoms with E-state index in [2.05, 4.69) is 11.9 Å². The molecule has 2 atom stereocenters. The zero-order chi connectivity index (χ0) is 15.9. The van der Waals surface area contributed by atoms with E-state index in [1.54, 1.807) is 11.0 Å². The van der Waals surface area contributed by atoms with Crippen LogP contribution in [0.15, 0.2) is 12.7 Å². The molecule has 0 aromatic heterocycles. The lowest BCUT2D eigenvalue weighted by Gasteiger charge is -2.28. The highest BCUT2D eigenvalue weighted by Gasteiger charge is 2.35. The van der Waals surface area contributed by atoms with Gasteiger partial charge in [0, 0.05) is 6.54 Å². The van der Waals surface area contributed by atoms with Crippen LogP contribution in [0.2, 0.25) is 0 Å². The number of hydrogen-bond acceptors (Lipinski definition) is 3. The molecule has 2 rings (SSSR count). The molecule has 0 aromatic carbocycles. The molecule has 1 aliphatic carbocycles. The lowest BCUT2D eigenvalue weighted by molar-refractivity contribution is -0.140. The van der Waals surface area contributed by atoms with Gasteiger partial charge in [0.15, 0.2) is 0 Å². The second-order valence-corrected chi connectivity index (χ2v) is 6.13. The third-order valence-corrected chi connectivity index (χ3v) is 4.60. The third-order valence-electron chi connectivity index (χ3n) is 4.60. The molecule has 0 unspecified atom stereocenters. The molecule has 2 aliphatic rings. The van der Waals surface area contributed by atoms with Crippen molar-refractivity contribution in [1.82, 2.24) is 10.2 Å². The summed E-state index contributed by atoms with van der Waals surface area (Å²) in [6.07, 6.45) is 7.35. The van der Waals surface area contributed by atoms with Gasteiger partial charge in [-0.1, -0.05) is 18.9 Å². The van der Waals surface area contributed by atoms with Gasteiger partial charge in [-0.3, -0.25) is 0 Å². The van der Waals surface area contributed by atoms with Crippen LogP contribution in [0.25, 0.3) is 0 Å². The van der Waals surface area contributed by atoms with Gasteiger partial charge < -0.3 is 20.1 Å². The monoisotopic (exact) mass is 310 g/mol. The molecule has 1 saturated carbocycles. The van der Waals surface area contributed by atoms with Gasteiger partial charge in [-0.15, -0.1) is 6.58 Å². The van der Waals surface area contributed by atoms with Crippen molar-refractivity contribution in [3.05, 3.63) is 12.7 Å². The second-order valence-electron chi connectivity index (χ2n) is 6.13. The van der Waals surface area contributed by atoms with Crippen LogP contribution in [0, 0.1) is 5.92 Å². The maximum atomic E-state index is 12.4. The Hall–Kier alpha value is -1.56. The van der Waals surface area contributed by atoms with Gasteiger partial charge in [-0.05, 0) is 31.6 Å². The van der Waals surface area contributed by atoms with Crippen molar-refractivity contribution in [3.63, 3.8) is 0 Å². The number of aliphatic carboxylic acids is 1. The number of ether oxygens (including phenoxy) is 1. The van der Waals surface area contributed by atoms with Crippen LogP contribution in [0.4, 0.5) is 4.79 Å². The van der Waals surface area contributed by atoms with Crippen molar-refractivity contribution in [2.45, 2.75) is 50.6 Å². The van der Waals surface area contributed by atoms with E-state index in [4.69, 9.17) is 4.74 Å². The highest BCUT2D eigenvalue weighted by atomic mass is 16.5. The Morgan fingerprint density at radius 1 is 1.32 bits per heavy atom. The molecule has 2 N–H and O–H groups in total. The number of likely N-dealkylation sites (tertiary alicyclic amines) is 1. The molecule has 1 aliphatic heterocycles. The Bertz CT molecular complexity index is 407. The molecular formula is C16H26N2O4. The molecule has 0 radical (unpaired) electrons. The van der Waals surface area contributed by atoms with Gasteiger partial charge in [0.2, 0.25) is 0 Å². The van der Waals surface area contributed by atoms with Crippen LogP contribution in [-0.2, 0) is 9.53 Å². The molecule has 0 bridgehead atoms. The first-order valence-corrected chi connectivity index (χ1v) is 8.12. The standard InChI is InChI=1S/C16H26N2O4/c1-2-10-22-11-13-8-5-9-18(13)16(21)17-14(15(19)20)12-6-3-4-7-12/h2,12-14H,1,3-11H2,(H,17,21)(H,19,20)/t13-,14+/m1/s1. The molecule has 2 fully saturated rings. The number of rotatable bonds is 7. The summed E-state index contributed by atoms with van der Waals surface area (Å²) < 4.78 is 5.44. The number of carboxylic acid groups (broad SMARTS) is 1. The van der Waals surface area contributed by atoms with Crippen LogP contribution in [0.1, 0.15) is 38.5 Å². The van der Waals surface area contributed by atoms with E-state index in [0.717, 1.165) is 38.5 Å². The minimum atomic E-state index is -0.932. The second kappa shape index (κ2) is 8.17. The lowest BCUT2D eigenvalue weighted by atomic mass is 9.98. The Kier molecular flexibility index (Phi) is 6.24. The molecule has 1 heterocycles. The highest BCUT2D eigenvalue weighted by Crippen LogP contribution is 2.28. The quantitative estimate of drug-likeness (QED) is 0.557. The predicted molar refractivity (Wildman–Crippen MR) is 82.7 cm³/mol. The van der Waals surface area contributed by atoms with Gasteiger partial charge in [-0.25, -0.2) is 9.59 Å². The Labute approximate surface area is 131 Å². The number of nitrogens with one attached hydrogen (secondary N) is 1. The van der Waals surface area contributed by atoms with Crippen molar-refractivity contribution < 1.29 is 19.4 Å². The van der Waals surface area contributed by atoms with Crippen molar-refractivity contribution in [2.75, 3.05) is 19.8 Å². The molecule has 6 heteroatoms. The minimum Gasteiger partial charge on any atom is -0.480 e. The molecule has 22 heavy (non-hydrogen) atoms. The van der Waals surface area contributed by atoms with Gasteiger partial charge >= 0.3 is 12.0 Å². The summed E-state index contributed by atoms with van der Waals surface area (Å²) in [5.74, 6) is -0.876. The summed E-state index contributed by atoms with van der Waals surface area (Å²) >= 11 is 0. The number of nitrogens with zero attached hydrogens (tertiary/aromatic N) is 1. The third kappa shape index (κ3) is 4.22. The zero-order valence-electron chi connectivity index (χ0n) is 13.0. The normalized spacial score (nSPS) is 23.5. The van der Waals surface area contributed by atoms with Crippen LogP contribution < -0.4 is 5.32 Å². The van der Waals surface area contributed by atoms with Crippen molar-refractivity contribution in [1.29, 1.82) is 0 Å². The van der Waals surface area contributed by atoms with Crippen LogP contribution >= 0.6 is 0 Å². The number of urea groups is 1. The maximum absolute atomic E-state index is 12.4. The fourth-order valence-corrected chi connectivity index (χ4v) is 3.45. The predicted octanol–water partition coefficient (Wildman–Crippen LogP) is 2.01. The first kappa shape index (κ1) is 16.8. The SMILES string of the molecule is C=CCOC[C@H]1CCCN1C(=O)N[C@H](C(=O)O)C1CCCC1. The Morgan fingerprint density at radius 2 is 2.05 bits per heavy atom. The van der Waals surface area contributed by atoms with Gasteiger partial charge in [-0.2, -0.15) is 0 Å². The fraction of sp³-hybridized carbons (Fsp3) is 0.750. The van der Waals surface area contributed by atoms with E-state index < -0.39 is 12.0 Å². The lowest BCUT2D eigenvalue weighted by Crippen LogP contribution is -2.52. The first-order chi connectivity index (χ1) is 10.6. The largest absolute Gasteiger partial charge is 0.480 e. The van der Waals surface area contributed by atoms with Crippen molar-refractivity contribution >= 4 is 12.0 Å². The Balaban J connectivity index is 1.90. The van der Waals surface area contributed by atoms with E-state index >= 15 is 0 Å². The van der Waals surface area contributed by atoms with E-state index in [0.29, 0.717) is 19.8 Å². The molecule has 2 amide bonds. The van der Waals surface area contributed by atoms with Crippen LogP contribution in [0.3, 0.4) is 0 Å². The summed E-state index contributed by atoms with van der Waals surface area (Å²) in [5.41, 5.74) is 0. The Morgan fingerprint density at radius 3 is 2.68 bits per heavy atom. The first-order valence-electron chi connectivity index (χ1n) is 8.12. The number of carbonyl (C=O) groups is 2. The van der Waals surface area contributed by atoms with E-state index in [9.17, 15) is 14.7 Å². The molecule has 124 valence electrons. The topological polar surface area (TPSA) is 78.9 Å².